The summed E-state index contributed by atoms with van der Waals surface area (Å²) >= 11 is 6.90. The van der Waals surface area contributed by atoms with Gasteiger partial charge in [-0.2, -0.15) is 0 Å². The molecule has 0 radical (unpaired) electrons. The molecule has 1 heterocycles. The first-order valence-electron chi connectivity index (χ1n) is 8.67. The third-order valence-electron chi connectivity index (χ3n) is 5.50. The van der Waals surface area contributed by atoms with E-state index in [1.165, 1.54) is 35.0 Å². The monoisotopic (exact) mass is 578 g/mol. The minimum Gasteiger partial charge on any atom is -0.129 e. The van der Waals surface area contributed by atoms with Crippen molar-refractivity contribution in [2.75, 3.05) is 0 Å². The SMILES string of the molecule is Ic1ccc2c(c1)C(c1ccccc1)(C1CC=CS1)c1cc(I)ccc1-2. The van der Waals surface area contributed by atoms with E-state index in [1.54, 1.807) is 0 Å². The van der Waals surface area contributed by atoms with Crippen molar-refractivity contribution in [2.24, 2.45) is 0 Å². The van der Waals surface area contributed by atoms with Crippen LogP contribution in [-0.2, 0) is 5.41 Å². The fourth-order valence-electron chi connectivity index (χ4n) is 4.51. The van der Waals surface area contributed by atoms with Gasteiger partial charge in [0.15, 0.2) is 0 Å². The molecule has 0 aromatic heterocycles. The van der Waals surface area contributed by atoms with Crippen molar-refractivity contribution < 1.29 is 0 Å². The van der Waals surface area contributed by atoms with E-state index < -0.39 is 0 Å². The van der Waals surface area contributed by atoms with Crippen molar-refractivity contribution in [3.8, 4) is 11.1 Å². The molecule has 3 aromatic rings. The fraction of sp³-hybridized carbons (Fsp3) is 0.130. The number of benzene rings is 3. The molecule has 1 atom stereocenters. The number of fused-ring (bicyclic) bond motifs is 3. The smallest absolute Gasteiger partial charge is 0.0588 e. The zero-order chi connectivity index (χ0) is 17.7. The molecule has 1 aliphatic heterocycles. The molecule has 1 aliphatic carbocycles. The molecule has 0 saturated heterocycles. The van der Waals surface area contributed by atoms with Gasteiger partial charge in [0.25, 0.3) is 0 Å². The number of thioether (sulfide) groups is 1. The summed E-state index contributed by atoms with van der Waals surface area (Å²) in [5.41, 5.74) is 7.04. The molecule has 0 fully saturated rings. The molecular weight excluding hydrogens is 562 g/mol. The molecule has 3 heteroatoms. The van der Waals surface area contributed by atoms with Crippen LogP contribution in [0.5, 0.6) is 0 Å². The second-order valence-corrected chi connectivity index (χ2v) is 10.4. The van der Waals surface area contributed by atoms with Gasteiger partial charge in [-0.05, 0) is 109 Å². The Kier molecular flexibility index (Phi) is 4.44. The zero-order valence-electron chi connectivity index (χ0n) is 14.0. The molecule has 0 spiro atoms. The van der Waals surface area contributed by atoms with E-state index in [1.807, 2.05) is 11.8 Å². The van der Waals surface area contributed by atoms with Gasteiger partial charge in [0.05, 0.1) is 5.41 Å². The van der Waals surface area contributed by atoms with Crippen LogP contribution >= 0.6 is 56.9 Å². The summed E-state index contributed by atoms with van der Waals surface area (Å²) in [4.78, 5) is 0. The predicted octanol–water partition coefficient (Wildman–Crippen LogP) is 7.23. The van der Waals surface area contributed by atoms with Crippen molar-refractivity contribution in [1.82, 2.24) is 0 Å². The first-order chi connectivity index (χ1) is 12.7. The molecule has 0 nitrogen and oxygen atoms in total. The predicted molar refractivity (Wildman–Crippen MR) is 129 cm³/mol. The molecule has 3 aromatic carbocycles. The van der Waals surface area contributed by atoms with Crippen LogP contribution in [-0.4, -0.2) is 5.25 Å². The maximum absolute atomic E-state index is 2.45. The van der Waals surface area contributed by atoms with Gasteiger partial charge in [-0.25, -0.2) is 0 Å². The van der Waals surface area contributed by atoms with Gasteiger partial charge in [-0.15, -0.1) is 11.8 Å². The van der Waals surface area contributed by atoms with Crippen LogP contribution in [0, 0.1) is 7.14 Å². The normalized spacial score (nSPS) is 19.4. The summed E-state index contributed by atoms with van der Waals surface area (Å²) < 4.78 is 2.61. The number of allylic oxidation sites excluding steroid dienone is 1. The highest BCUT2D eigenvalue weighted by atomic mass is 127. The highest BCUT2D eigenvalue weighted by molar-refractivity contribution is 14.1. The third kappa shape index (κ3) is 2.46. The Labute approximate surface area is 185 Å². The standard InChI is InChI=1S/C23H16I2S/c24-16-8-10-18-19-11-9-17(25)14-21(19)23(20(18)13-16,22-7-4-12-26-22)15-5-2-1-3-6-15/h1-6,8-14,22H,7H2. The van der Waals surface area contributed by atoms with E-state index in [-0.39, 0.29) is 5.41 Å². The van der Waals surface area contributed by atoms with Crippen LogP contribution in [0.25, 0.3) is 11.1 Å². The van der Waals surface area contributed by atoms with Crippen LogP contribution in [0.15, 0.2) is 78.2 Å². The van der Waals surface area contributed by atoms with Crippen molar-refractivity contribution >= 4 is 56.9 Å². The Bertz CT molecular complexity index is 964. The lowest BCUT2D eigenvalue weighted by Gasteiger charge is -2.38. The van der Waals surface area contributed by atoms with E-state index in [2.05, 4.69) is 123 Å². The summed E-state index contributed by atoms with van der Waals surface area (Å²) in [5.74, 6) is 0. The van der Waals surface area contributed by atoms with Crippen LogP contribution < -0.4 is 0 Å². The molecular formula is C23H16I2S. The van der Waals surface area contributed by atoms with E-state index in [0.717, 1.165) is 6.42 Å². The average Bonchev–Trinajstić information content (AvgIpc) is 3.27. The summed E-state index contributed by atoms with van der Waals surface area (Å²) in [5, 5.41) is 2.77. The van der Waals surface area contributed by atoms with Crippen molar-refractivity contribution in [3.63, 3.8) is 0 Å². The molecule has 26 heavy (non-hydrogen) atoms. The Balaban J connectivity index is 1.92. The molecule has 0 amide bonds. The maximum atomic E-state index is 2.45. The zero-order valence-corrected chi connectivity index (χ0v) is 19.1. The van der Waals surface area contributed by atoms with Crippen LogP contribution in [0.3, 0.4) is 0 Å². The van der Waals surface area contributed by atoms with Gasteiger partial charge in [-0.1, -0.05) is 48.5 Å². The van der Waals surface area contributed by atoms with Gasteiger partial charge in [0.2, 0.25) is 0 Å². The third-order valence-corrected chi connectivity index (χ3v) is 8.07. The first-order valence-corrected chi connectivity index (χ1v) is 11.8. The van der Waals surface area contributed by atoms with E-state index in [0.29, 0.717) is 5.25 Å². The van der Waals surface area contributed by atoms with Gasteiger partial charge in [0.1, 0.15) is 0 Å². The minimum absolute atomic E-state index is 0.0948. The second kappa shape index (κ2) is 6.67. The average molecular weight is 578 g/mol. The van der Waals surface area contributed by atoms with Gasteiger partial charge < -0.3 is 0 Å². The Morgan fingerprint density at radius 3 is 1.96 bits per heavy atom. The highest BCUT2D eigenvalue weighted by Crippen LogP contribution is 2.59. The van der Waals surface area contributed by atoms with Crippen molar-refractivity contribution in [3.05, 3.63) is 102 Å². The molecule has 0 N–H and O–H groups in total. The van der Waals surface area contributed by atoms with E-state index >= 15 is 0 Å². The molecule has 128 valence electrons. The molecule has 0 bridgehead atoms. The van der Waals surface area contributed by atoms with E-state index in [9.17, 15) is 0 Å². The molecule has 0 saturated carbocycles. The lowest BCUT2D eigenvalue weighted by atomic mass is 9.69. The largest absolute Gasteiger partial charge is 0.129 e. The number of rotatable bonds is 2. The second-order valence-electron chi connectivity index (χ2n) is 6.79. The van der Waals surface area contributed by atoms with Crippen molar-refractivity contribution in [2.45, 2.75) is 17.1 Å². The quantitative estimate of drug-likeness (QED) is 0.290. The van der Waals surface area contributed by atoms with Gasteiger partial charge in [-0.3, -0.25) is 0 Å². The number of hydrogen-bond donors (Lipinski definition) is 0. The summed E-state index contributed by atoms with van der Waals surface area (Å²) in [6.45, 7) is 0. The molecule has 5 rings (SSSR count). The number of hydrogen-bond acceptors (Lipinski definition) is 1. The number of halogens is 2. The summed E-state index contributed by atoms with van der Waals surface area (Å²) in [6.07, 6.45) is 3.44. The maximum Gasteiger partial charge on any atom is 0.0588 e. The van der Waals surface area contributed by atoms with Crippen LogP contribution in [0.4, 0.5) is 0 Å². The first kappa shape index (κ1) is 17.3. The summed E-state index contributed by atoms with van der Waals surface area (Å²) in [7, 11) is 0. The minimum atomic E-state index is -0.0948. The van der Waals surface area contributed by atoms with Crippen LogP contribution in [0.2, 0.25) is 0 Å². The highest BCUT2D eigenvalue weighted by Gasteiger charge is 2.50. The Hall–Kier alpha value is -0.790. The molecule has 1 unspecified atom stereocenters. The topological polar surface area (TPSA) is 0 Å². The summed E-state index contributed by atoms with van der Waals surface area (Å²) in [6, 6.07) is 25.1. The lowest BCUT2D eigenvalue weighted by Crippen LogP contribution is -2.37. The van der Waals surface area contributed by atoms with Gasteiger partial charge >= 0.3 is 0 Å². The lowest BCUT2D eigenvalue weighted by molar-refractivity contribution is 0.601. The Morgan fingerprint density at radius 1 is 0.808 bits per heavy atom. The molecule has 2 aliphatic rings. The fourth-order valence-corrected chi connectivity index (χ4v) is 6.72. The van der Waals surface area contributed by atoms with E-state index in [4.69, 9.17) is 0 Å². The van der Waals surface area contributed by atoms with Crippen LogP contribution in [0.1, 0.15) is 23.1 Å². The van der Waals surface area contributed by atoms with Gasteiger partial charge in [0, 0.05) is 12.4 Å². The Morgan fingerprint density at radius 2 is 1.42 bits per heavy atom. The van der Waals surface area contributed by atoms with Crippen molar-refractivity contribution in [1.29, 1.82) is 0 Å².